The Morgan fingerprint density at radius 2 is 2.22 bits per heavy atom. The van der Waals surface area contributed by atoms with Crippen LogP contribution in [0, 0.1) is 0 Å². The number of sulfonamides is 1. The zero-order valence-corrected chi connectivity index (χ0v) is 12.4. The second-order valence-electron chi connectivity index (χ2n) is 4.46. The molecular formula is C12H17BrN2O2S. The summed E-state index contributed by atoms with van der Waals surface area (Å²) in [6, 6.07) is 6.98. The summed E-state index contributed by atoms with van der Waals surface area (Å²) in [6.07, 6.45) is 3.37. The Kier molecular flexibility index (Phi) is 4.77. The van der Waals surface area contributed by atoms with Gasteiger partial charge in [-0.25, -0.2) is 13.1 Å². The largest absolute Gasteiger partial charge is 0.313 e. The topological polar surface area (TPSA) is 58.2 Å². The molecule has 2 rings (SSSR count). The van der Waals surface area contributed by atoms with Gasteiger partial charge in [0, 0.05) is 17.1 Å². The Labute approximate surface area is 116 Å². The van der Waals surface area contributed by atoms with E-state index in [0.29, 0.717) is 11.4 Å². The molecule has 1 atom stereocenters. The highest BCUT2D eigenvalue weighted by Crippen LogP contribution is 2.16. The molecule has 18 heavy (non-hydrogen) atoms. The van der Waals surface area contributed by atoms with Crippen molar-refractivity contribution < 1.29 is 8.42 Å². The van der Waals surface area contributed by atoms with Crippen molar-refractivity contribution in [2.45, 2.75) is 30.2 Å². The summed E-state index contributed by atoms with van der Waals surface area (Å²) in [6.45, 7) is 1.43. The van der Waals surface area contributed by atoms with Gasteiger partial charge >= 0.3 is 0 Å². The van der Waals surface area contributed by atoms with Crippen LogP contribution < -0.4 is 10.0 Å². The normalized spacial score (nSPS) is 20.8. The van der Waals surface area contributed by atoms with Gasteiger partial charge in [0.05, 0.1) is 4.90 Å². The average Bonchev–Trinajstić information content (AvgIpc) is 2.38. The van der Waals surface area contributed by atoms with Crippen molar-refractivity contribution in [1.29, 1.82) is 0 Å². The van der Waals surface area contributed by atoms with E-state index in [9.17, 15) is 8.42 Å². The molecule has 6 heteroatoms. The van der Waals surface area contributed by atoms with E-state index < -0.39 is 10.0 Å². The van der Waals surface area contributed by atoms with Crippen molar-refractivity contribution in [3.63, 3.8) is 0 Å². The SMILES string of the molecule is O=S(=O)(NCC1CCCCN1)c1cccc(Br)c1. The van der Waals surface area contributed by atoms with Crippen molar-refractivity contribution in [3.8, 4) is 0 Å². The molecule has 1 aromatic rings. The smallest absolute Gasteiger partial charge is 0.240 e. The standard InChI is InChI=1S/C12H17BrN2O2S/c13-10-4-3-6-12(8-10)18(16,17)15-9-11-5-1-2-7-14-11/h3-4,6,8,11,14-15H,1-2,5,7,9H2. The first-order valence-electron chi connectivity index (χ1n) is 6.06. The van der Waals surface area contributed by atoms with E-state index in [2.05, 4.69) is 26.0 Å². The fraction of sp³-hybridized carbons (Fsp3) is 0.500. The molecule has 1 unspecified atom stereocenters. The van der Waals surface area contributed by atoms with E-state index >= 15 is 0 Å². The van der Waals surface area contributed by atoms with Crippen molar-refractivity contribution in [3.05, 3.63) is 28.7 Å². The van der Waals surface area contributed by atoms with Crippen LogP contribution in [0.1, 0.15) is 19.3 Å². The van der Waals surface area contributed by atoms with Gasteiger partial charge in [0.25, 0.3) is 0 Å². The molecule has 1 aromatic carbocycles. The van der Waals surface area contributed by atoms with Crippen LogP contribution in [-0.4, -0.2) is 27.5 Å². The van der Waals surface area contributed by atoms with Gasteiger partial charge < -0.3 is 5.32 Å². The highest BCUT2D eigenvalue weighted by molar-refractivity contribution is 9.10. The first-order valence-corrected chi connectivity index (χ1v) is 8.34. The van der Waals surface area contributed by atoms with Gasteiger partial charge in [0.1, 0.15) is 0 Å². The second kappa shape index (κ2) is 6.14. The van der Waals surface area contributed by atoms with Crippen LogP contribution in [0.25, 0.3) is 0 Å². The first kappa shape index (κ1) is 14.0. The lowest BCUT2D eigenvalue weighted by Crippen LogP contribution is -2.43. The summed E-state index contributed by atoms with van der Waals surface area (Å²) < 4.78 is 27.6. The van der Waals surface area contributed by atoms with Gasteiger partial charge in [-0.05, 0) is 37.6 Å². The molecule has 0 aromatic heterocycles. The Morgan fingerprint density at radius 1 is 1.39 bits per heavy atom. The van der Waals surface area contributed by atoms with Gasteiger partial charge in [-0.1, -0.05) is 28.4 Å². The Morgan fingerprint density at radius 3 is 2.89 bits per heavy atom. The fourth-order valence-electron chi connectivity index (χ4n) is 2.03. The molecule has 2 N–H and O–H groups in total. The summed E-state index contributed by atoms with van der Waals surface area (Å²) in [7, 11) is -3.40. The minimum Gasteiger partial charge on any atom is -0.313 e. The van der Waals surface area contributed by atoms with Crippen LogP contribution in [0.4, 0.5) is 0 Å². The Hall–Kier alpha value is -0.430. The number of piperidine rings is 1. The maximum absolute atomic E-state index is 12.1. The lowest BCUT2D eigenvalue weighted by Gasteiger charge is -2.23. The van der Waals surface area contributed by atoms with Gasteiger partial charge in [0.15, 0.2) is 0 Å². The van der Waals surface area contributed by atoms with Crippen LogP contribution in [0.15, 0.2) is 33.6 Å². The zero-order chi connectivity index (χ0) is 13.0. The molecule has 100 valence electrons. The van der Waals surface area contributed by atoms with Crippen LogP contribution in [-0.2, 0) is 10.0 Å². The summed E-state index contributed by atoms with van der Waals surface area (Å²) in [5.41, 5.74) is 0. The molecule has 1 fully saturated rings. The predicted molar refractivity (Wildman–Crippen MR) is 75.0 cm³/mol. The van der Waals surface area contributed by atoms with E-state index in [1.165, 1.54) is 6.42 Å². The molecule has 1 saturated heterocycles. The summed E-state index contributed by atoms with van der Waals surface area (Å²) >= 11 is 3.28. The molecule has 0 aliphatic carbocycles. The molecule has 0 spiro atoms. The maximum Gasteiger partial charge on any atom is 0.240 e. The van der Waals surface area contributed by atoms with Gasteiger partial charge in [-0.15, -0.1) is 0 Å². The Bertz CT molecular complexity index is 499. The summed E-state index contributed by atoms with van der Waals surface area (Å²) in [5.74, 6) is 0. The number of halogens is 1. The van der Waals surface area contributed by atoms with Gasteiger partial charge in [-0.3, -0.25) is 0 Å². The molecule has 1 aliphatic heterocycles. The first-order chi connectivity index (χ1) is 8.58. The predicted octanol–water partition coefficient (Wildman–Crippen LogP) is 1.87. The quantitative estimate of drug-likeness (QED) is 0.884. The van der Waals surface area contributed by atoms with E-state index in [4.69, 9.17) is 0 Å². The number of benzene rings is 1. The molecule has 0 bridgehead atoms. The van der Waals surface area contributed by atoms with E-state index in [1.54, 1.807) is 18.2 Å². The third-order valence-electron chi connectivity index (χ3n) is 3.04. The van der Waals surface area contributed by atoms with Crippen LogP contribution in [0.3, 0.4) is 0 Å². The third kappa shape index (κ3) is 3.78. The number of nitrogens with one attached hydrogen (secondary N) is 2. The number of hydrogen-bond acceptors (Lipinski definition) is 3. The molecule has 1 heterocycles. The van der Waals surface area contributed by atoms with E-state index in [0.717, 1.165) is 23.9 Å². The fourth-order valence-corrected chi connectivity index (χ4v) is 3.70. The summed E-state index contributed by atoms with van der Waals surface area (Å²) in [5, 5.41) is 3.32. The highest BCUT2D eigenvalue weighted by Gasteiger charge is 2.18. The van der Waals surface area contributed by atoms with Crippen molar-refractivity contribution >= 4 is 26.0 Å². The molecule has 0 saturated carbocycles. The minimum absolute atomic E-state index is 0.251. The molecule has 1 aliphatic rings. The zero-order valence-electron chi connectivity index (χ0n) is 10.0. The maximum atomic E-state index is 12.1. The lowest BCUT2D eigenvalue weighted by molar-refractivity contribution is 0.398. The van der Waals surface area contributed by atoms with E-state index in [1.807, 2.05) is 6.07 Å². The molecule has 4 nitrogen and oxygen atoms in total. The van der Waals surface area contributed by atoms with Crippen LogP contribution >= 0.6 is 15.9 Å². The average molecular weight is 333 g/mol. The highest BCUT2D eigenvalue weighted by atomic mass is 79.9. The van der Waals surface area contributed by atoms with Crippen LogP contribution in [0.5, 0.6) is 0 Å². The van der Waals surface area contributed by atoms with Crippen molar-refractivity contribution in [2.24, 2.45) is 0 Å². The minimum atomic E-state index is -3.40. The van der Waals surface area contributed by atoms with Gasteiger partial charge in [-0.2, -0.15) is 0 Å². The second-order valence-corrected chi connectivity index (χ2v) is 7.14. The van der Waals surface area contributed by atoms with Crippen LogP contribution in [0.2, 0.25) is 0 Å². The molecular weight excluding hydrogens is 316 g/mol. The Balaban J connectivity index is 1.98. The van der Waals surface area contributed by atoms with E-state index in [-0.39, 0.29) is 6.04 Å². The van der Waals surface area contributed by atoms with Gasteiger partial charge in [0.2, 0.25) is 10.0 Å². The van der Waals surface area contributed by atoms with Crippen molar-refractivity contribution in [2.75, 3.05) is 13.1 Å². The number of hydrogen-bond donors (Lipinski definition) is 2. The lowest BCUT2D eigenvalue weighted by atomic mass is 10.1. The van der Waals surface area contributed by atoms with Crippen molar-refractivity contribution in [1.82, 2.24) is 10.0 Å². The molecule has 0 amide bonds. The molecule has 0 radical (unpaired) electrons. The third-order valence-corrected chi connectivity index (χ3v) is 4.95. The monoisotopic (exact) mass is 332 g/mol. The summed E-state index contributed by atoms with van der Waals surface area (Å²) in [4.78, 5) is 0.299. The number of rotatable bonds is 4.